The van der Waals surface area contributed by atoms with Crippen LogP contribution in [0.5, 0.6) is 0 Å². The van der Waals surface area contributed by atoms with E-state index < -0.39 is 11.7 Å². The summed E-state index contributed by atoms with van der Waals surface area (Å²) in [5.41, 5.74) is 3.94. The maximum absolute atomic E-state index is 15.5. The van der Waals surface area contributed by atoms with Gasteiger partial charge in [0.15, 0.2) is 5.78 Å². The van der Waals surface area contributed by atoms with E-state index in [1.807, 2.05) is 19.9 Å². The number of carbonyl (C=O) groups excluding carboxylic acids is 1. The molecule has 1 saturated carbocycles. The van der Waals surface area contributed by atoms with Crippen LogP contribution in [-0.4, -0.2) is 37.2 Å². The van der Waals surface area contributed by atoms with Gasteiger partial charge in [0.2, 0.25) is 0 Å². The molecule has 1 aliphatic heterocycles. The average molecular weight is 572 g/mol. The Balaban J connectivity index is 1.71. The number of carbonyl (C=O) groups is 1. The van der Waals surface area contributed by atoms with E-state index in [0.717, 1.165) is 62.2 Å². The smallest absolute Gasteiger partial charge is 0.176 e. The van der Waals surface area contributed by atoms with E-state index >= 15 is 8.78 Å². The highest BCUT2D eigenvalue weighted by atomic mass is 19.1. The normalized spacial score (nSPS) is 22.9. The molecule has 1 fully saturated rings. The van der Waals surface area contributed by atoms with Gasteiger partial charge in [0.25, 0.3) is 0 Å². The van der Waals surface area contributed by atoms with Crippen LogP contribution in [0, 0.1) is 11.3 Å². The topological polar surface area (TPSA) is 65.0 Å². The second kappa shape index (κ2) is 16.2. The van der Waals surface area contributed by atoms with Crippen LogP contribution in [0.3, 0.4) is 0 Å². The van der Waals surface area contributed by atoms with Crippen LogP contribution < -0.4 is 10.6 Å². The fraction of sp³-hybridized carbons (Fsp3) is 0.588. The molecule has 0 aromatic heterocycles. The molecule has 3 aliphatic rings. The van der Waals surface area contributed by atoms with Gasteiger partial charge >= 0.3 is 0 Å². The largest absolute Gasteiger partial charge is 0.310 e. The maximum Gasteiger partial charge on any atom is 0.176 e. The second-order valence-electron chi connectivity index (χ2n) is 11.7. The Morgan fingerprint density at radius 1 is 1.15 bits per heavy atom. The van der Waals surface area contributed by atoms with E-state index in [4.69, 9.17) is 5.41 Å². The van der Waals surface area contributed by atoms with Crippen LogP contribution in [0.4, 0.5) is 13.2 Å². The number of unbranched alkanes of at least 4 members (excludes halogenated alkanes) is 3. The van der Waals surface area contributed by atoms with Crippen molar-refractivity contribution in [2.24, 2.45) is 5.92 Å². The summed E-state index contributed by atoms with van der Waals surface area (Å²) < 4.78 is 45.3. The summed E-state index contributed by atoms with van der Waals surface area (Å²) in [4.78, 5) is 12.6. The highest BCUT2D eigenvalue weighted by molar-refractivity contribution is 6.39. The Labute approximate surface area is 244 Å². The molecule has 0 amide bonds. The molecule has 0 radical (unpaired) electrons. The molecule has 1 heterocycles. The highest BCUT2D eigenvalue weighted by Crippen LogP contribution is 2.38. The number of nitrogens with one attached hydrogen (secondary N) is 3. The summed E-state index contributed by atoms with van der Waals surface area (Å²) in [6.45, 7) is 8.93. The van der Waals surface area contributed by atoms with Crippen LogP contribution in [0.25, 0.3) is 0 Å². The molecule has 0 spiro atoms. The third-order valence-corrected chi connectivity index (χ3v) is 8.55. The maximum atomic E-state index is 15.5. The molecule has 2 atom stereocenters. The lowest BCUT2D eigenvalue weighted by atomic mass is 9.81. The Bertz CT molecular complexity index is 1170. The lowest BCUT2D eigenvalue weighted by Gasteiger charge is -2.30. The van der Waals surface area contributed by atoms with E-state index in [2.05, 4.69) is 17.6 Å². The zero-order valence-corrected chi connectivity index (χ0v) is 25.3. The number of rotatable bonds is 13. The molecule has 3 rings (SSSR count). The SMILES string of the molecule is CCCCCCC(=O)C(=N)C1CCCC(NCC2=C(C)CC(C3=CCNCC(C)=C3C=C(F)CC)=C(F)C=C2F)C1. The molecule has 41 heavy (non-hydrogen) atoms. The molecule has 3 N–H and O–H groups in total. The fourth-order valence-corrected chi connectivity index (χ4v) is 5.98. The standard InChI is InChI=1S/C34H48F3N3O/c1-5-7-8-9-13-33(41)34(38)24-11-10-12-26(17-24)40-21-30-22(3)16-29(31(36)19-32(30)37)27-14-15-39-20-23(4)28(27)18-25(35)6-2/h14,18-19,24,26,38-40H,5-13,15-17,20-21H2,1-4H3. The lowest BCUT2D eigenvalue weighted by Crippen LogP contribution is -2.39. The Kier molecular flexibility index (Phi) is 13.0. The van der Waals surface area contributed by atoms with Crippen LogP contribution in [0.1, 0.15) is 98.3 Å². The van der Waals surface area contributed by atoms with Gasteiger partial charge in [-0.1, -0.05) is 56.8 Å². The van der Waals surface area contributed by atoms with Crippen molar-refractivity contribution in [3.63, 3.8) is 0 Å². The quantitative estimate of drug-likeness (QED) is 0.153. The van der Waals surface area contributed by atoms with E-state index in [-0.39, 0.29) is 48.7 Å². The summed E-state index contributed by atoms with van der Waals surface area (Å²) in [6, 6.07) is 0.0607. The fourth-order valence-electron chi connectivity index (χ4n) is 5.98. The molecule has 0 saturated heterocycles. The van der Waals surface area contributed by atoms with Crippen LogP contribution >= 0.6 is 0 Å². The zero-order valence-electron chi connectivity index (χ0n) is 25.3. The molecule has 4 nitrogen and oxygen atoms in total. The minimum Gasteiger partial charge on any atom is -0.310 e. The van der Waals surface area contributed by atoms with Crippen molar-refractivity contribution in [3.8, 4) is 0 Å². The first-order valence-electron chi connectivity index (χ1n) is 15.4. The number of hydrogen-bond acceptors (Lipinski definition) is 4. The average Bonchev–Trinajstić information content (AvgIpc) is 3.20. The number of ketones is 1. The van der Waals surface area contributed by atoms with Crippen molar-refractivity contribution in [2.75, 3.05) is 19.6 Å². The van der Waals surface area contributed by atoms with Crippen molar-refractivity contribution in [2.45, 2.75) is 104 Å². The number of allylic oxidation sites excluding steroid dienone is 8. The first kappa shape index (κ1) is 33.0. The summed E-state index contributed by atoms with van der Waals surface area (Å²) in [7, 11) is 0. The van der Waals surface area contributed by atoms with Gasteiger partial charge < -0.3 is 16.0 Å². The van der Waals surface area contributed by atoms with Crippen molar-refractivity contribution in [1.82, 2.24) is 10.6 Å². The molecule has 0 aromatic rings. The van der Waals surface area contributed by atoms with Gasteiger partial charge in [-0.3, -0.25) is 4.79 Å². The molecular weight excluding hydrogens is 523 g/mol. The molecular formula is C34H48F3N3O. The van der Waals surface area contributed by atoms with Crippen LogP contribution in [0.15, 0.2) is 69.1 Å². The first-order chi connectivity index (χ1) is 19.7. The molecule has 226 valence electrons. The molecule has 2 aliphatic carbocycles. The van der Waals surface area contributed by atoms with Gasteiger partial charge in [-0.05, 0) is 75.2 Å². The highest BCUT2D eigenvalue weighted by Gasteiger charge is 2.29. The van der Waals surface area contributed by atoms with Crippen LogP contribution in [-0.2, 0) is 4.79 Å². The predicted octanol–water partition coefficient (Wildman–Crippen LogP) is 8.60. The van der Waals surface area contributed by atoms with Gasteiger partial charge in [0.05, 0.1) is 5.71 Å². The number of Topliss-reactive ketones (excluding diaryl/α,β-unsaturated/α-hetero) is 1. The minimum absolute atomic E-state index is 0.0440. The Hall–Kier alpha value is -2.51. The Morgan fingerprint density at radius 2 is 1.93 bits per heavy atom. The van der Waals surface area contributed by atoms with Crippen LogP contribution in [0.2, 0.25) is 0 Å². The third-order valence-electron chi connectivity index (χ3n) is 8.55. The van der Waals surface area contributed by atoms with Gasteiger partial charge in [-0.25, -0.2) is 13.2 Å². The van der Waals surface area contributed by atoms with Gasteiger partial charge in [0.1, 0.15) is 17.5 Å². The Morgan fingerprint density at radius 3 is 2.66 bits per heavy atom. The molecule has 7 heteroatoms. The van der Waals surface area contributed by atoms with Crippen molar-refractivity contribution in [1.29, 1.82) is 5.41 Å². The lowest BCUT2D eigenvalue weighted by molar-refractivity contribution is -0.113. The van der Waals surface area contributed by atoms with Gasteiger partial charge in [-0.2, -0.15) is 0 Å². The van der Waals surface area contributed by atoms with E-state index in [0.29, 0.717) is 48.2 Å². The third kappa shape index (κ3) is 9.24. The van der Waals surface area contributed by atoms with Crippen molar-refractivity contribution >= 4 is 11.5 Å². The van der Waals surface area contributed by atoms with Gasteiger partial charge in [0, 0.05) is 49.7 Å². The number of halogens is 3. The van der Waals surface area contributed by atoms with E-state index in [1.54, 1.807) is 6.92 Å². The molecule has 0 bridgehead atoms. The van der Waals surface area contributed by atoms with Crippen molar-refractivity contribution < 1.29 is 18.0 Å². The van der Waals surface area contributed by atoms with Gasteiger partial charge in [-0.15, -0.1) is 0 Å². The molecule has 2 unspecified atom stereocenters. The molecule has 0 aromatic carbocycles. The van der Waals surface area contributed by atoms with E-state index in [1.165, 1.54) is 6.08 Å². The summed E-state index contributed by atoms with van der Waals surface area (Å²) >= 11 is 0. The zero-order chi connectivity index (χ0) is 29.9. The summed E-state index contributed by atoms with van der Waals surface area (Å²) in [6.07, 6.45) is 12.6. The van der Waals surface area contributed by atoms with E-state index in [9.17, 15) is 9.18 Å². The summed E-state index contributed by atoms with van der Waals surface area (Å²) in [5.74, 6) is -1.63. The second-order valence-corrected chi connectivity index (χ2v) is 11.7. The van der Waals surface area contributed by atoms with Crippen molar-refractivity contribution in [3.05, 3.63) is 69.1 Å². The minimum atomic E-state index is -0.635. The monoisotopic (exact) mass is 571 g/mol. The number of hydrogen-bond donors (Lipinski definition) is 3. The predicted molar refractivity (Wildman–Crippen MR) is 163 cm³/mol. The summed E-state index contributed by atoms with van der Waals surface area (Å²) in [5, 5.41) is 15.2. The first-order valence-corrected chi connectivity index (χ1v) is 15.4.